The first-order valence-corrected chi connectivity index (χ1v) is 8.83. The minimum Gasteiger partial charge on any atom is -0.497 e. The number of aliphatic hydroxyl groups is 1. The Bertz CT molecular complexity index is 757. The van der Waals surface area contributed by atoms with Crippen LogP contribution in [-0.4, -0.2) is 43.2 Å². The lowest BCUT2D eigenvalue weighted by molar-refractivity contribution is -0.129. The van der Waals surface area contributed by atoms with Crippen LogP contribution in [0.2, 0.25) is 0 Å². The molecule has 5 heteroatoms. The van der Waals surface area contributed by atoms with Gasteiger partial charge in [0.15, 0.2) is 0 Å². The summed E-state index contributed by atoms with van der Waals surface area (Å²) >= 11 is 0. The minimum absolute atomic E-state index is 0.0183. The summed E-state index contributed by atoms with van der Waals surface area (Å²) in [5.74, 6) is 2.02. The third-order valence-corrected chi connectivity index (χ3v) is 4.98. The Morgan fingerprint density at radius 3 is 2.50 bits per heavy atom. The number of nitrogens with zero attached hydrogens (tertiary/aromatic N) is 1. The number of benzene rings is 2. The van der Waals surface area contributed by atoms with Gasteiger partial charge in [-0.05, 0) is 35.7 Å². The number of methoxy groups -OCH3 is 2. The van der Waals surface area contributed by atoms with Crippen molar-refractivity contribution in [2.24, 2.45) is 0 Å². The second-order valence-electron chi connectivity index (χ2n) is 6.58. The van der Waals surface area contributed by atoms with Gasteiger partial charge in [-0.1, -0.05) is 24.3 Å². The summed E-state index contributed by atoms with van der Waals surface area (Å²) in [7, 11) is 3.32. The molecule has 1 saturated heterocycles. The molecule has 0 radical (unpaired) electrons. The third-order valence-electron chi connectivity index (χ3n) is 4.98. The lowest BCUT2D eigenvalue weighted by atomic mass is 9.97. The summed E-state index contributed by atoms with van der Waals surface area (Å²) in [4.78, 5) is 14.6. The predicted octanol–water partition coefficient (Wildman–Crippen LogP) is 2.75. The van der Waals surface area contributed by atoms with E-state index in [1.165, 1.54) is 0 Å². The molecule has 3 rings (SSSR count). The molecule has 0 aromatic heterocycles. The average Bonchev–Trinajstić information content (AvgIpc) is 3.18. The molecule has 26 heavy (non-hydrogen) atoms. The highest BCUT2D eigenvalue weighted by atomic mass is 16.5. The fraction of sp³-hybridized carbons (Fsp3) is 0.381. The minimum atomic E-state index is 0.0183. The van der Waals surface area contributed by atoms with E-state index in [0.29, 0.717) is 13.0 Å². The number of amides is 1. The van der Waals surface area contributed by atoms with E-state index in [2.05, 4.69) is 0 Å². The van der Waals surface area contributed by atoms with E-state index in [1.54, 1.807) is 14.2 Å². The fourth-order valence-electron chi connectivity index (χ4n) is 3.45. The fourth-order valence-corrected chi connectivity index (χ4v) is 3.45. The third kappa shape index (κ3) is 3.99. The van der Waals surface area contributed by atoms with Crippen molar-refractivity contribution in [3.8, 4) is 11.5 Å². The maximum Gasteiger partial charge on any atom is 0.227 e. The standard InChI is InChI=1S/C21H25NO4/c1-25-18-7-8-20(26-2)19(12-18)17-9-10-22(13-17)21(24)11-15-3-5-16(14-23)6-4-15/h3-8,12,17,23H,9-11,13-14H2,1-2H3. The van der Waals surface area contributed by atoms with Crippen LogP contribution in [0.3, 0.4) is 0 Å². The summed E-state index contributed by atoms with van der Waals surface area (Å²) in [6.45, 7) is 1.46. The molecule has 2 aromatic rings. The molecular formula is C21H25NO4. The number of hydrogen-bond acceptors (Lipinski definition) is 4. The Labute approximate surface area is 154 Å². The molecule has 1 atom stereocenters. The van der Waals surface area contributed by atoms with E-state index in [1.807, 2.05) is 47.4 Å². The molecule has 0 saturated carbocycles. The van der Waals surface area contributed by atoms with E-state index < -0.39 is 0 Å². The van der Waals surface area contributed by atoms with Gasteiger partial charge in [0.25, 0.3) is 0 Å². The van der Waals surface area contributed by atoms with Crippen molar-refractivity contribution < 1.29 is 19.4 Å². The topological polar surface area (TPSA) is 59.0 Å². The van der Waals surface area contributed by atoms with Crippen molar-refractivity contribution in [1.29, 1.82) is 0 Å². The van der Waals surface area contributed by atoms with Gasteiger partial charge in [0.05, 0.1) is 27.2 Å². The number of likely N-dealkylation sites (tertiary alicyclic amines) is 1. The van der Waals surface area contributed by atoms with Crippen LogP contribution in [0.25, 0.3) is 0 Å². The number of rotatable bonds is 6. The van der Waals surface area contributed by atoms with Crippen LogP contribution in [0.1, 0.15) is 29.0 Å². The summed E-state index contributed by atoms with van der Waals surface area (Å²) in [5, 5.41) is 9.11. The summed E-state index contributed by atoms with van der Waals surface area (Å²) < 4.78 is 10.8. The van der Waals surface area contributed by atoms with Crippen molar-refractivity contribution in [2.45, 2.75) is 25.4 Å². The van der Waals surface area contributed by atoms with Crippen molar-refractivity contribution in [3.05, 3.63) is 59.2 Å². The maximum absolute atomic E-state index is 12.6. The zero-order valence-corrected chi connectivity index (χ0v) is 15.3. The summed E-state index contributed by atoms with van der Waals surface area (Å²) in [5.41, 5.74) is 2.91. The average molecular weight is 355 g/mol. The molecule has 0 bridgehead atoms. The van der Waals surface area contributed by atoms with Gasteiger partial charge >= 0.3 is 0 Å². The SMILES string of the molecule is COc1ccc(OC)c(C2CCN(C(=O)Cc3ccc(CO)cc3)C2)c1. The number of hydrogen-bond donors (Lipinski definition) is 1. The van der Waals surface area contributed by atoms with E-state index in [4.69, 9.17) is 14.6 Å². The van der Waals surface area contributed by atoms with Gasteiger partial charge < -0.3 is 19.5 Å². The number of ether oxygens (including phenoxy) is 2. The second kappa shape index (κ2) is 8.23. The van der Waals surface area contributed by atoms with Gasteiger partial charge in [0, 0.05) is 24.6 Å². The molecule has 1 heterocycles. The normalized spacial score (nSPS) is 16.6. The molecule has 5 nitrogen and oxygen atoms in total. The molecule has 1 N–H and O–H groups in total. The zero-order valence-electron chi connectivity index (χ0n) is 15.3. The molecular weight excluding hydrogens is 330 g/mol. The molecule has 1 unspecified atom stereocenters. The Morgan fingerprint density at radius 1 is 1.12 bits per heavy atom. The van der Waals surface area contributed by atoms with Crippen LogP contribution in [0.15, 0.2) is 42.5 Å². The Morgan fingerprint density at radius 2 is 1.85 bits per heavy atom. The largest absolute Gasteiger partial charge is 0.497 e. The van der Waals surface area contributed by atoms with Gasteiger partial charge in [0.2, 0.25) is 5.91 Å². The second-order valence-corrected chi connectivity index (χ2v) is 6.58. The first-order chi connectivity index (χ1) is 12.6. The van der Waals surface area contributed by atoms with Crippen LogP contribution in [0.4, 0.5) is 0 Å². The van der Waals surface area contributed by atoms with Gasteiger partial charge in [-0.3, -0.25) is 4.79 Å². The zero-order chi connectivity index (χ0) is 18.5. The molecule has 0 spiro atoms. The van der Waals surface area contributed by atoms with Crippen LogP contribution in [0, 0.1) is 0 Å². The number of carbonyl (C=O) groups excluding carboxylic acids is 1. The highest BCUT2D eigenvalue weighted by Gasteiger charge is 2.29. The highest BCUT2D eigenvalue weighted by Crippen LogP contribution is 2.36. The molecule has 138 valence electrons. The quantitative estimate of drug-likeness (QED) is 0.866. The van der Waals surface area contributed by atoms with Crippen molar-refractivity contribution in [2.75, 3.05) is 27.3 Å². The van der Waals surface area contributed by atoms with E-state index in [9.17, 15) is 4.79 Å². The Balaban J connectivity index is 1.67. The lowest BCUT2D eigenvalue weighted by Gasteiger charge is -2.18. The molecule has 1 aliphatic heterocycles. The molecule has 2 aromatic carbocycles. The van der Waals surface area contributed by atoms with Gasteiger partial charge in [0.1, 0.15) is 11.5 Å². The molecule has 1 fully saturated rings. The van der Waals surface area contributed by atoms with Crippen LogP contribution >= 0.6 is 0 Å². The Kier molecular flexibility index (Phi) is 5.78. The van der Waals surface area contributed by atoms with E-state index in [-0.39, 0.29) is 18.4 Å². The van der Waals surface area contributed by atoms with Gasteiger partial charge in [-0.25, -0.2) is 0 Å². The van der Waals surface area contributed by atoms with Gasteiger partial charge in [-0.2, -0.15) is 0 Å². The number of carbonyl (C=O) groups is 1. The summed E-state index contributed by atoms with van der Waals surface area (Å²) in [6, 6.07) is 13.3. The molecule has 0 aliphatic carbocycles. The lowest BCUT2D eigenvalue weighted by Crippen LogP contribution is -2.29. The van der Waals surface area contributed by atoms with Crippen molar-refractivity contribution in [1.82, 2.24) is 4.90 Å². The van der Waals surface area contributed by atoms with Crippen LogP contribution in [0.5, 0.6) is 11.5 Å². The highest BCUT2D eigenvalue weighted by molar-refractivity contribution is 5.79. The monoisotopic (exact) mass is 355 g/mol. The first kappa shape index (κ1) is 18.3. The van der Waals surface area contributed by atoms with Crippen molar-refractivity contribution in [3.63, 3.8) is 0 Å². The molecule has 1 amide bonds. The van der Waals surface area contributed by atoms with E-state index >= 15 is 0 Å². The van der Waals surface area contributed by atoms with Crippen LogP contribution in [-0.2, 0) is 17.8 Å². The maximum atomic E-state index is 12.6. The van der Waals surface area contributed by atoms with Gasteiger partial charge in [-0.15, -0.1) is 0 Å². The molecule has 1 aliphatic rings. The summed E-state index contributed by atoms with van der Waals surface area (Å²) in [6.07, 6.45) is 1.30. The first-order valence-electron chi connectivity index (χ1n) is 8.83. The van der Waals surface area contributed by atoms with Crippen molar-refractivity contribution >= 4 is 5.91 Å². The smallest absolute Gasteiger partial charge is 0.227 e. The Hall–Kier alpha value is -2.53. The van der Waals surface area contributed by atoms with Crippen LogP contribution < -0.4 is 9.47 Å². The number of aliphatic hydroxyl groups excluding tert-OH is 1. The van der Waals surface area contributed by atoms with E-state index in [0.717, 1.165) is 41.2 Å². The predicted molar refractivity (Wildman–Crippen MR) is 99.6 cm³/mol.